The summed E-state index contributed by atoms with van der Waals surface area (Å²) in [5.41, 5.74) is 0.994. The quantitative estimate of drug-likeness (QED) is 0.842. The van der Waals surface area contributed by atoms with Crippen LogP contribution in [0.5, 0.6) is 5.75 Å². The van der Waals surface area contributed by atoms with Crippen molar-refractivity contribution in [3.8, 4) is 5.75 Å². The van der Waals surface area contributed by atoms with E-state index in [9.17, 15) is 5.11 Å². The Kier molecular flexibility index (Phi) is 3.47. The van der Waals surface area contributed by atoms with Gasteiger partial charge in [0.2, 0.25) is 0 Å². The molecule has 0 aromatic heterocycles. The zero-order valence-electron chi connectivity index (χ0n) is 9.35. The molecule has 3 heteroatoms. The minimum Gasteiger partial charge on any atom is -0.496 e. The summed E-state index contributed by atoms with van der Waals surface area (Å²) in [6.45, 7) is 0.679. The molecular formula is C13H16O3. The Morgan fingerprint density at radius 2 is 2.25 bits per heavy atom. The molecular weight excluding hydrogens is 204 g/mol. The van der Waals surface area contributed by atoms with Crippen LogP contribution in [0.25, 0.3) is 0 Å². The second-order valence-corrected chi connectivity index (χ2v) is 3.78. The number of aliphatic hydroxyl groups is 1. The lowest BCUT2D eigenvalue weighted by Gasteiger charge is -2.14. The largest absolute Gasteiger partial charge is 0.496 e. The molecule has 16 heavy (non-hydrogen) atoms. The highest BCUT2D eigenvalue weighted by molar-refractivity contribution is 5.34. The molecule has 1 aliphatic rings. The lowest BCUT2D eigenvalue weighted by Crippen LogP contribution is -2.14. The molecule has 86 valence electrons. The SMILES string of the molecule is COc1ccccc1CC(O)C1=CCCO1. The second-order valence-electron chi connectivity index (χ2n) is 3.78. The number of para-hydroxylation sites is 1. The van der Waals surface area contributed by atoms with Crippen molar-refractivity contribution in [1.82, 2.24) is 0 Å². The minimum atomic E-state index is -0.571. The van der Waals surface area contributed by atoms with Gasteiger partial charge in [0.05, 0.1) is 13.7 Å². The van der Waals surface area contributed by atoms with E-state index in [1.54, 1.807) is 7.11 Å². The van der Waals surface area contributed by atoms with Crippen LogP contribution in [0.4, 0.5) is 0 Å². The van der Waals surface area contributed by atoms with Gasteiger partial charge >= 0.3 is 0 Å². The molecule has 0 aliphatic carbocycles. The highest BCUT2D eigenvalue weighted by Crippen LogP contribution is 2.22. The lowest BCUT2D eigenvalue weighted by molar-refractivity contribution is 0.118. The van der Waals surface area contributed by atoms with Gasteiger partial charge in [0.25, 0.3) is 0 Å². The third-order valence-electron chi connectivity index (χ3n) is 2.67. The maximum absolute atomic E-state index is 9.97. The average Bonchev–Trinajstić information content (AvgIpc) is 2.83. The normalized spacial score (nSPS) is 16.5. The van der Waals surface area contributed by atoms with Gasteiger partial charge in [-0.05, 0) is 17.7 Å². The summed E-state index contributed by atoms with van der Waals surface area (Å²) in [5, 5.41) is 9.97. The van der Waals surface area contributed by atoms with Crippen molar-refractivity contribution in [3.05, 3.63) is 41.7 Å². The topological polar surface area (TPSA) is 38.7 Å². The first kappa shape index (κ1) is 11.0. The molecule has 1 aromatic carbocycles. The van der Waals surface area contributed by atoms with Crippen molar-refractivity contribution in [3.63, 3.8) is 0 Å². The van der Waals surface area contributed by atoms with Crippen LogP contribution >= 0.6 is 0 Å². The summed E-state index contributed by atoms with van der Waals surface area (Å²) in [6, 6.07) is 7.71. The van der Waals surface area contributed by atoms with Crippen molar-refractivity contribution in [1.29, 1.82) is 0 Å². The number of hydrogen-bond acceptors (Lipinski definition) is 3. The first-order valence-electron chi connectivity index (χ1n) is 5.44. The molecule has 1 aliphatic heterocycles. The Balaban J connectivity index is 2.08. The molecule has 0 bridgehead atoms. The first-order valence-corrected chi connectivity index (χ1v) is 5.44. The van der Waals surface area contributed by atoms with Crippen LogP contribution in [0.3, 0.4) is 0 Å². The lowest BCUT2D eigenvalue weighted by atomic mass is 10.1. The van der Waals surface area contributed by atoms with Crippen molar-refractivity contribution in [2.75, 3.05) is 13.7 Å². The summed E-state index contributed by atoms with van der Waals surface area (Å²) in [5.74, 6) is 1.49. The summed E-state index contributed by atoms with van der Waals surface area (Å²) in [6.07, 6.45) is 2.78. The van der Waals surface area contributed by atoms with E-state index >= 15 is 0 Å². The Labute approximate surface area is 95.3 Å². The molecule has 0 saturated heterocycles. The van der Waals surface area contributed by atoms with Gasteiger partial charge in [-0.2, -0.15) is 0 Å². The van der Waals surface area contributed by atoms with Crippen LogP contribution in [-0.4, -0.2) is 24.9 Å². The third-order valence-corrected chi connectivity index (χ3v) is 2.67. The van der Waals surface area contributed by atoms with Crippen LogP contribution in [0.2, 0.25) is 0 Å². The van der Waals surface area contributed by atoms with Gasteiger partial charge in [-0.15, -0.1) is 0 Å². The summed E-state index contributed by atoms with van der Waals surface area (Å²) in [7, 11) is 1.64. The van der Waals surface area contributed by atoms with Crippen molar-refractivity contribution >= 4 is 0 Å². The molecule has 1 unspecified atom stereocenters. The number of hydrogen-bond donors (Lipinski definition) is 1. The van der Waals surface area contributed by atoms with Gasteiger partial charge in [-0.1, -0.05) is 18.2 Å². The molecule has 0 fully saturated rings. The number of aliphatic hydroxyl groups excluding tert-OH is 1. The highest BCUT2D eigenvalue weighted by atomic mass is 16.5. The van der Waals surface area contributed by atoms with Crippen LogP contribution in [0.1, 0.15) is 12.0 Å². The molecule has 1 aromatic rings. The van der Waals surface area contributed by atoms with Crippen molar-refractivity contribution in [2.24, 2.45) is 0 Å². The highest BCUT2D eigenvalue weighted by Gasteiger charge is 2.17. The van der Waals surface area contributed by atoms with E-state index in [2.05, 4.69) is 0 Å². The summed E-state index contributed by atoms with van der Waals surface area (Å²) >= 11 is 0. The van der Waals surface area contributed by atoms with Gasteiger partial charge in [0, 0.05) is 12.8 Å². The maximum atomic E-state index is 9.97. The zero-order chi connectivity index (χ0) is 11.4. The number of benzene rings is 1. The van der Waals surface area contributed by atoms with Crippen LogP contribution in [-0.2, 0) is 11.2 Å². The molecule has 1 N–H and O–H groups in total. The Bertz CT molecular complexity index is 385. The average molecular weight is 220 g/mol. The molecule has 0 amide bonds. The molecule has 0 radical (unpaired) electrons. The Hall–Kier alpha value is -1.48. The van der Waals surface area contributed by atoms with Gasteiger partial charge in [-0.25, -0.2) is 0 Å². The monoisotopic (exact) mass is 220 g/mol. The third kappa shape index (κ3) is 2.36. The standard InChI is InChI=1S/C13H16O3/c1-15-12-6-3-2-5-10(12)9-11(14)13-7-4-8-16-13/h2-3,5-7,11,14H,4,8-9H2,1H3. The molecule has 0 spiro atoms. The Morgan fingerprint density at radius 1 is 1.44 bits per heavy atom. The van der Waals surface area contributed by atoms with E-state index in [4.69, 9.17) is 9.47 Å². The van der Waals surface area contributed by atoms with Crippen LogP contribution in [0, 0.1) is 0 Å². The molecule has 1 atom stereocenters. The van der Waals surface area contributed by atoms with Crippen LogP contribution < -0.4 is 4.74 Å². The summed E-state index contributed by atoms with van der Waals surface area (Å²) in [4.78, 5) is 0. The zero-order valence-corrected chi connectivity index (χ0v) is 9.35. The predicted molar refractivity (Wildman–Crippen MR) is 61.4 cm³/mol. The maximum Gasteiger partial charge on any atom is 0.122 e. The van der Waals surface area contributed by atoms with Gasteiger partial charge in [0.15, 0.2) is 0 Å². The van der Waals surface area contributed by atoms with Crippen LogP contribution in [0.15, 0.2) is 36.1 Å². The van der Waals surface area contributed by atoms with Gasteiger partial charge in [0.1, 0.15) is 17.6 Å². The fourth-order valence-electron chi connectivity index (χ4n) is 1.85. The van der Waals surface area contributed by atoms with E-state index in [0.29, 0.717) is 18.8 Å². The molecule has 0 saturated carbocycles. The van der Waals surface area contributed by atoms with E-state index in [0.717, 1.165) is 17.7 Å². The number of methoxy groups -OCH3 is 1. The first-order chi connectivity index (χ1) is 7.81. The van der Waals surface area contributed by atoms with E-state index in [-0.39, 0.29) is 0 Å². The Morgan fingerprint density at radius 3 is 2.94 bits per heavy atom. The predicted octanol–water partition coefficient (Wildman–Crippen LogP) is 1.90. The molecule has 3 nitrogen and oxygen atoms in total. The van der Waals surface area contributed by atoms with E-state index in [1.165, 1.54) is 0 Å². The minimum absolute atomic E-state index is 0.524. The number of rotatable bonds is 4. The second kappa shape index (κ2) is 5.03. The fraction of sp³-hybridized carbons (Fsp3) is 0.385. The van der Waals surface area contributed by atoms with E-state index in [1.807, 2.05) is 30.3 Å². The van der Waals surface area contributed by atoms with Crippen molar-refractivity contribution < 1.29 is 14.6 Å². The molecule has 2 rings (SSSR count). The fourth-order valence-corrected chi connectivity index (χ4v) is 1.85. The smallest absolute Gasteiger partial charge is 0.122 e. The summed E-state index contributed by atoms with van der Waals surface area (Å²) < 4.78 is 10.6. The number of ether oxygens (including phenoxy) is 2. The molecule has 1 heterocycles. The van der Waals surface area contributed by atoms with Crippen molar-refractivity contribution in [2.45, 2.75) is 18.9 Å². The van der Waals surface area contributed by atoms with E-state index < -0.39 is 6.10 Å². The van der Waals surface area contributed by atoms with Gasteiger partial charge in [-0.3, -0.25) is 0 Å². The van der Waals surface area contributed by atoms with Gasteiger partial charge < -0.3 is 14.6 Å².